The second kappa shape index (κ2) is 11.4. The van der Waals surface area contributed by atoms with Gasteiger partial charge in [0.05, 0.1) is 12.2 Å². The van der Waals surface area contributed by atoms with E-state index in [1.807, 2.05) is 69.3 Å². The Kier molecular flexibility index (Phi) is 7.81. The van der Waals surface area contributed by atoms with Crippen molar-refractivity contribution in [1.82, 2.24) is 14.8 Å². The normalized spacial score (nSPS) is 14.5. The van der Waals surface area contributed by atoms with E-state index in [1.54, 1.807) is 22.9 Å². The van der Waals surface area contributed by atoms with Crippen LogP contribution in [0.15, 0.2) is 83.2 Å². The molecule has 2 heterocycles. The minimum absolute atomic E-state index is 0.0239. The van der Waals surface area contributed by atoms with Crippen LogP contribution in [0.4, 0.5) is 11.6 Å². The molecule has 1 aliphatic rings. The molecule has 0 aliphatic carbocycles. The Morgan fingerprint density at radius 1 is 1.15 bits per heavy atom. The number of hydrogen-bond acceptors (Lipinski definition) is 7. The lowest BCUT2D eigenvalue weighted by atomic mass is 9.94. The number of thioether (sulfide) groups is 1. The molecule has 3 N–H and O–H groups in total. The van der Waals surface area contributed by atoms with Crippen LogP contribution in [0.25, 0.3) is 0 Å². The Morgan fingerprint density at radius 2 is 1.97 bits per heavy atom. The molecule has 5 rings (SSSR count). The first-order chi connectivity index (χ1) is 18.8. The van der Waals surface area contributed by atoms with Crippen LogP contribution in [0, 0.1) is 6.92 Å². The third-order valence-corrected chi connectivity index (χ3v) is 7.52. The van der Waals surface area contributed by atoms with Gasteiger partial charge in [-0.15, -0.1) is 5.10 Å². The summed E-state index contributed by atoms with van der Waals surface area (Å²) < 4.78 is 7.35. The van der Waals surface area contributed by atoms with Crippen molar-refractivity contribution in [2.75, 3.05) is 17.2 Å². The average Bonchev–Trinajstić information content (AvgIpc) is 3.31. The lowest BCUT2D eigenvalue weighted by Crippen LogP contribution is -2.31. The van der Waals surface area contributed by atoms with Gasteiger partial charge in [0.15, 0.2) is 11.5 Å². The van der Waals surface area contributed by atoms with Crippen LogP contribution >= 0.6 is 23.4 Å². The highest BCUT2D eigenvalue weighted by molar-refractivity contribution is 7.98. The molecule has 1 aliphatic heterocycles. The number of aryl methyl sites for hydroxylation is 1. The fraction of sp³-hybridized carbons (Fsp3) is 0.207. The third-order valence-electron chi connectivity index (χ3n) is 6.27. The number of benzene rings is 3. The molecule has 39 heavy (non-hydrogen) atoms. The number of phenols is 1. The summed E-state index contributed by atoms with van der Waals surface area (Å²) >= 11 is 7.80. The summed E-state index contributed by atoms with van der Waals surface area (Å²) in [6.45, 7) is 6.05. The summed E-state index contributed by atoms with van der Waals surface area (Å²) in [4.78, 5) is 18.4. The number of anilines is 2. The number of carbonyl (C=O) groups excluding carboxylic acids is 1. The highest BCUT2D eigenvalue weighted by Crippen LogP contribution is 2.40. The Balaban J connectivity index is 1.53. The van der Waals surface area contributed by atoms with Crippen molar-refractivity contribution in [2.24, 2.45) is 0 Å². The Hall–Kier alpha value is -3.95. The van der Waals surface area contributed by atoms with E-state index in [4.69, 9.17) is 26.4 Å². The standard InChI is InChI=1S/C29H28ClN5O3S/c1-4-38-24-15-19(12-13-23(24)36)26-25(27(37)32-21-10-7-8-17(2)14-21)18(3)31-28-33-29(34-35(26)28)39-16-20-9-5-6-11-22(20)30/h5-15,26,36H,4,16H2,1-3H3,(H,32,37)(H,31,33,34). The van der Waals surface area contributed by atoms with Crippen LogP contribution in [0.1, 0.15) is 36.6 Å². The smallest absolute Gasteiger partial charge is 0.255 e. The van der Waals surface area contributed by atoms with Gasteiger partial charge < -0.3 is 20.5 Å². The van der Waals surface area contributed by atoms with Crippen molar-refractivity contribution in [3.8, 4) is 11.5 Å². The van der Waals surface area contributed by atoms with E-state index in [0.29, 0.717) is 51.2 Å². The topological polar surface area (TPSA) is 101 Å². The van der Waals surface area contributed by atoms with Gasteiger partial charge in [-0.1, -0.05) is 59.8 Å². The molecule has 0 spiro atoms. The first kappa shape index (κ1) is 26.6. The van der Waals surface area contributed by atoms with Gasteiger partial charge in [0.1, 0.15) is 6.04 Å². The molecule has 200 valence electrons. The average molecular weight is 562 g/mol. The van der Waals surface area contributed by atoms with E-state index in [0.717, 1.165) is 16.7 Å². The zero-order chi connectivity index (χ0) is 27.5. The van der Waals surface area contributed by atoms with Crippen molar-refractivity contribution >= 4 is 40.9 Å². The number of fused-ring (bicyclic) bond motifs is 1. The van der Waals surface area contributed by atoms with Crippen molar-refractivity contribution in [2.45, 2.75) is 37.7 Å². The molecule has 8 nitrogen and oxygen atoms in total. The largest absolute Gasteiger partial charge is 0.504 e. The maximum atomic E-state index is 13.7. The van der Waals surface area contributed by atoms with Crippen molar-refractivity contribution in [3.05, 3.63) is 99.7 Å². The number of aromatic hydroxyl groups is 1. The number of hydrogen-bond donors (Lipinski definition) is 3. The van der Waals surface area contributed by atoms with Crippen LogP contribution in [-0.2, 0) is 10.5 Å². The van der Waals surface area contributed by atoms with Gasteiger partial charge in [0.25, 0.3) is 5.91 Å². The summed E-state index contributed by atoms with van der Waals surface area (Å²) in [5.41, 5.74) is 4.56. The van der Waals surface area contributed by atoms with Crippen molar-refractivity contribution in [3.63, 3.8) is 0 Å². The van der Waals surface area contributed by atoms with E-state index >= 15 is 0 Å². The molecule has 1 amide bonds. The van der Waals surface area contributed by atoms with E-state index in [-0.39, 0.29) is 11.7 Å². The van der Waals surface area contributed by atoms with E-state index < -0.39 is 6.04 Å². The van der Waals surface area contributed by atoms with Gasteiger partial charge >= 0.3 is 0 Å². The number of halogens is 1. The fourth-order valence-electron chi connectivity index (χ4n) is 4.45. The fourth-order valence-corrected chi connectivity index (χ4v) is 5.56. The first-order valence-electron chi connectivity index (χ1n) is 12.5. The molecule has 0 saturated carbocycles. The second-order valence-electron chi connectivity index (χ2n) is 9.09. The Morgan fingerprint density at radius 3 is 2.74 bits per heavy atom. The molecule has 0 fully saturated rings. The highest BCUT2D eigenvalue weighted by atomic mass is 35.5. The van der Waals surface area contributed by atoms with Crippen LogP contribution in [0.2, 0.25) is 5.02 Å². The molecular weight excluding hydrogens is 534 g/mol. The summed E-state index contributed by atoms with van der Waals surface area (Å²) in [6, 6.07) is 19.8. The molecule has 10 heteroatoms. The molecular formula is C29H28ClN5O3S. The van der Waals surface area contributed by atoms with Crippen LogP contribution < -0.4 is 15.4 Å². The van der Waals surface area contributed by atoms with Crippen LogP contribution in [0.5, 0.6) is 11.5 Å². The maximum Gasteiger partial charge on any atom is 0.255 e. The zero-order valence-electron chi connectivity index (χ0n) is 21.7. The van der Waals surface area contributed by atoms with Gasteiger partial charge in [-0.3, -0.25) is 4.79 Å². The number of aromatic nitrogens is 3. The summed E-state index contributed by atoms with van der Waals surface area (Å²) in [7, 11) is 0. The molecule has 4 aromatic rings. The van der Waals surface area contributed by atoms with Gasteiger partial charge in [0.2, 0.25) is 11.1 Å². The summed E-state index contributed by atoms with van der Waals surface area (Å²) in [5, 5.41) is 22.6. The van der Waals surface area contributed by atoms with Gasteiger partial charge in [0, 0.05) is 22.2 Å². The Bertz CT molecular complexity index is 1570. The van der Waals surface area contributed by atoms with E-state index in [2.05, 4.69) is 10.6 Å². The van der Waals surface area contributed by atoms with Gasteiger partial charge in [-0.05, 0) is 67.8 Å². The van der Waals surface area contributed by atoms with Crippen LogP contribution in [0.3, 0.4) is 0 Å². The predicted octanol–water partition coefficient (Wildman–Crippen LogP) is 6.56. The van der Waals surface area contributed by atoms with Gasteiger partial charge in [-0.2, -0.15) is 4.98 Å². The number of amides is 1. The van der Waals surface area contributed by atoms with Crippen LogP contribution in [-0.4, -0.2) is 32.4 Å². The van der Waals surface area contributed by atoms with Crippen molar-refractivity contribution < 1.29 is 14.6 Å². The molecule has 1 atom stereocenters. The number of phenolic OH excluding ortho intramolecular Hbond substituents is 1. The van der Waals surface area contributed by atoms with Gasteiger partial charge in [-0.25, -0.2) is 4.68 Å². The molecule has 0 radical (unpaired) electrons. The highest BCUT2D eigenvalue weighted by Gasteiger charge is 2.35. The SMILES string of the molecule is CCOc1cc(C2C(C(=O)Nc3cccc(C)c3)=C(C)Nc3nc(SCc4ccccc4Cl)nn32)ccc1O. The second-order valence-corrected chi connectivity index (χ2v) is 10.4. The number of carbonyl (C=O) groups is 1. The third kappa shape index (κ3) is 5.74. The minimum Gasteiger partial charge on any atom is -0.504 e. The molecule has 3 aromatic carbocycles. The predicted molar refractivity (Wildman–Crippen MR) is 155 cm³/mol. The molecule has 0 bridgehead atoms. The summed E-state index contributed by atoms with van der Waals surface area (Å²) in [6.07, 6.45) is 0. The lowest BCUT2D eigenvalue weighted by Gasteiger charge is -2.29. The monoisotopic (exact) mass is 561 g/mol. The number of rotatable bonds is 8. The number of allylic oxidation sites excluding steroid dienone is 1. The lowest BCUT2D eigenvalue weighted by molar-refractivity contribution is -0.113. The van der Waals surface area contributed by atoms with Crippen molar-refractivity contribution in [1.29, 1.82) is 0 Å². The number of nitrogens with zero attached hydrogens (tertiary/aromatic N) is 3. The molecule has 1 unspecified atom stereocenters. The maximum absolute atomic E-state index is 13.7. The van der Waals surface area contributed by atoms with E-state index in [1.165, 1.54) is 11.8 Å². The first-order valence-corrected chi connectivity index (χ1v) is 13.8. The number of ether oxygens (including phenoxy) is 1. The summed E-state index contributed by atoms with van der Waals surface area (Å²) in [5.74, 6) is 1.19. The zero-order valence-corrected chi connectivity index (χ0v) is 23.3. The minimum atomic E-state index is -0.618. The number of nitrogens with one attached hydrogen (secondary N) is 2. The van der Waals surface area contributed by atoms with E-state index in [9.17, 15) is 9.90 Å². The Labute approximate surface area is 236 Å². The molecule has 0 saturated heterocycles. The quantitative estimate of drug-likeness (QED) is 0.209. The molecule has 1 aromatic heterocycles.